The van der Waals surface area contributed by atoms with Crippen molar-refractivity contribution in [3.05, 3.63) is 52.9 Å². The predicted molar refractivity (Wildman–Crippen MR) is 118 cm³/mol. The van der Waals surface area contributed by atoms with Gasteiger partial charge in [-0.15, -0.1) is 0 Å². The molecule has 0 saturated heterocycles. The monoisotopic (exact) mass is 461 g/mol. The number of anilines is 2. The molecule has 0 radical (unpaired) electrons. The normalized spacial score (nSPS) is 10.7. The van der Waals surface area contributed by atoms with Crippen LogP contribution in [0.4, 0.5) is 20.2 Å². The maximum absolute atomic E-state index is 12.9. The molecule has 4 aromatic rings. The third-order valence-corrected chi connectivity index (χ3v) is 5.20. The maximum atomic E-state index is 12.9. The Kier molecular flexibility index (Phi) is 7.73. The summed E-state index contributed by atoms with van der Waals surface area (Å²) in [6.07, 6.45) is 2.37. The van der Waals surface area contributed by atoms with Gasteiger partial charge < -0.3 is 15.4 Å². The number of hydrogen-bond donors (Lipinski definition) is 2. The Morgan fingerprint density at radius 3 is 2.66 bits per heavy atom. The number of alkyl halides is 2. The maximum Gasteiger partial charge on any atom is 0.266 e. The van der Waals surface area contributed by atoms with Gasteiger partial charge in [-0.2, -0.15) is 15.0 Å². The van der Waals surface area contributed by atoms with E-state index in [2.05, 4.69) is 30.8 Å². The van der Waals surface area contributed by atoms with Crippen molar-refractivity contribution in [3.63, 3.8) is 0 Å². The minimum absolute atomic E-state index is 0.182. The van der Waals surface area contributed by atoms with Gasteiger partial charge in [-0.1, -0.05) is 11.3 Å². The molecule has 4 rings (SSSR count). The molecular weight excluding hydrogens is 440 g/mol. The molecular formula is C20H21F2N7O2S. The van der Waals surface area contributed by atoms with Gasteiger partial charge in [-0.3, -0.25) is 4.79 Å². The number of ether oxygens (including phenoxy) is 1. The quantitative estimate of drug-likeness (QED) is 0.401. The summed E-state index contributed by atoms with van der Waals surface area (Å²) in [5.74, 6) is 0. The first-order valence-electron chi connectivity index (χ1n) is 9.39. The summed E-state index contributed by atoms with van der Waals surface area (Å²) in [6.45, 7) is 2.54. The molecule has 3 aromatic heterocycles. The second-order valence-electron chi connectivity index (χ2n) is 6.38. The lowest BCUT2D eigenvalue weighted by Gasteiger charge is -2.09. The van der Waals surface area contributed by atoms with Crippen LogP contribution >= 0.6 is 11.3 Å². The van der Waals surface area contributed by atoms with Crippen LogP contribution in [0.25, 0.3) is 16.0 Å². The van der Waals surface area contributed by atoms with Crippen molar-refractivity contribution < 1.29 is 18.3 Å². The summed E-state index contributed by atoms with van der Waals surface area (Å²) in [5, 5.41) is 14.0. The minimum atomic E-state index is -2.68. The number of rotatable bonds is 7. The van der Waals surface area contributed by atoms with Gasteiger partial charge in [0.2, 0.25) is 6.41 Å². The number of carbonyl (C=O) groups is 1. The molecule has 0 atom stereocenters. The molecule has 0 unspecified atom stereocenters. The Bertz CT molecular complexity index is 1180. The zero-order valence-corrected chi connectivity index (χ0v) is 18.4. The topological polar surface area (TPSA) is 107 Å². The van der Waals surface area contributed by atoms with Crippen molar-refractivity contribution in [2.75, 3.05) is 24.8 Å². The number of methoxy groups -OCH3 is 1. The Morgan fingerprint density at radius 2 is 2.03 bits per heavy atom. The smallest absolute Gasteiger partial charge is 0.266 e. The van der Waals surface area contributed by atoms with Crippen LogP contribution in [0, 0.1) is 6.92 Å². The second-order valence-corrected chi connectivity index (χ2v) is 7.56. The molecule has 9 nitrogen and oxygen atoms in total. The molecule has 168 valence electrons. The van der Waals surface area contributed by atoms with E-state index in [1.807, 2.05) is 20.2 Å². The number of carbonyl (C=O) groups excluding carboxylic acids is 1. The number of halogens is 2. The van der Waals surface area contributed by atoms with Crippen molar-refractivity contribution in [1.82, 2.24) is 25.0 Å². The highest BCUT2D eigenvalue weighted by molar-refractivity contribution is 7.18. The van der Waals surface area contributed by atoms with Gasteiger partial charge in [0.05, 0.1) is 41.6 Å². The highest BCUT2D eigenvalue weighted by Gasteiger charge is 2.16. The number of nitrogens with one attached hydrogen (secondary N) is 2. The lowest BCUT2D eigenvalue weighted by molar-refractivity contribution is -0.105. The number of fused-ring (bicyclic) bond motifs is 1. The molecule has 1 amide bonds. The molecule has 0 spiro atoms. The molecule has 2 N–H and O–H groups in total. The van der Waals surface area contributed by atoms with Gasteiger partial charge in [-0.05, 0) is 25.1 Å². The first-order chi connectivity index (χ1) is 15.5. The van der Waals surface area contributed by atoms with Crippen molar-refractivity contribution in [3.8, 4) is 5.69 Å². The largest absolute Gasteiger partial charge is 0.387 e. The molecule has 12 heteroatoms. The zero-order chi connectivity index (χ0) is 23.1. The third-order valence-electron chi connectivity index (χ3n) is 4.32. The summed E-state index contributed by atoms with van der Waals surface area (Å²) >= 11 is 1.61. The van der Waals surface area contributed by atoms with Gasteiger partial charge >= 0.3 is 0 Å². The molecule has 1 aromatic carbocycles. The molecule has 0 bridgehead atoms. The number of aromatic nitrogens is 5. The van der Waals surface area contributed by atoms with Crippen LogP contribution in [0.2, 0.25) is 0 Å². The molecule has 0 aliphatic carbocycles. The summed E-state index contributed by atoms with van der Waals surface area (Å²) in [6, 6.07) is 4.12. The number of pyridine rings is 1. The molecule has 3 heterocycles. The Hall–Kier alpha value is -3.51. The number of hydrogen-bond acceptors (Lipinski definition) is 8. The fourth-order valence-corrected chi connectivity index (χ4v) is 3.73. The van der Waals surface area contributed by atoms with Gasteiger partial charge in [0.15, 0.2) is 0 Å². The fourth-order valence-electron chi connectivity index (χ4n) is 2.94. The van der Waals surface area contributed by atoms with Crippen LogP contribution in [0.15, 0.2) is 36.8 Å². The Balaban J connectivity index is 0.000000182. The third kappa shape index (κ3) is 5.21. The van der Waals surface area contributed by atoms with Gasteiger partial charge in [-0.25, -0.2) is 18.7 Å². The second kappa shape index (κ2) is 10.7. The van der Waals surface area contributed by atoms with Crippen molar-refractivity contribution in [2.24, 2.45) is 0 Å². The van der Waals surface area contributed by atoms with Crippen LogP contribution in [0.1, 0.15) is 22.6 Å². The van der Waals surface area contributed by atoms with Crippen LogP contribution in [0.3, 0.4) is 0 Å². The first-order valence-corrected chi connectivity index (χ1v) is 10.2. The lowest BCUT2D eigenvalue weighted by Crippen LogP contribution is -2.05. The van der Waals surface area contributed by atoms with Crippen LogP contribution in [0.5, 0.6) is 0 Å². The van der Waals surface area contributed by atoms with Gasteiger partial charge in [0.1, 0.15) is 10.3 Å². The first kappa shape index (κ1) is 23.2. The number of nitrogens with zero attached hydrogens (tertiary/aromatic N) is 5. The Morgan fingerprint density at radius 1 is 1.28 bits per heavy atom. The van der Waals surface area contributed by atoms with E-state index in [-0.39, 0.29) is 11.3 Å². The van der Waals surface area contributed by atoms with Crippen molar-refractivity contribution in [1.29, 1.82) is 0 Å². The highest BCUT2D eigenvalue weighted by Crippen LogP contribution is 2.29. The molecule has 32 heavy (non-hydrogen) atoms. The van der Waals surface area contributed by atoms with Gasteiger partial charge in [0, 0.05) is 31.0 Å². The predicted octanol–water partition coefficient (Wildman–Crippen LogP) is 3.96. The lowest BCUT2D eigenvalue weighted by atomic mass is 10.1. The molecule has 0 fully saturated rings. The van der Waals surface area contributed by atoms with E-state index in [9.17, 15) is 13.6 Å². The minimum Gasteiger partial charge on any atom is -0.387 e. The molecule has 0 aliphatic heterocycles. The standard InChI is InChI=1S/C10H8F2N4O.C10H13N3OS/c11-10(12)8-5-7(13-6-17)1-2-9(8)16-14-3-4-15-16;1-6-13-9-7(5-14-3)8(11-2)4-12-10(9)15-6/h1-6,10H,(H,13,17);4,11H,5H2,1-3H3. The van der Waals surface area contributed by atoms with E-state index in [1.54, 1.807) is 18.4 Å². The SMILES string of the molecule is CNc1cnc2sc(C)nc2c1COC.O=CNc1ccc(-n2nccn2)c(C(F)F)c1. The van der Waals surface area contributed by atoms with Crippen LogP contribution < -0.4 is 10.6 Å². The number of aryl methyl sites for hydroxylation is 1. The van der Waals surface area contributed by atoms with E-state index in [4.69, 9.17) is 4.74 Å². The van der Waals surface area contributed by atoms with E-state index >= 15 is 0 Å². The van der Waals surface area contributed by atoms with Gasteiger partial charge in [0.25, 0.3) is 6.43 Å². The highest BCUT2D eigenvalue weighted by atomic mass is 32.1. The van der Waals surface area contributed by atoms with Crippen LogP contribution in [-0.2, 0) is 16.1 Å². The van der Waals surface area contributed by atoms with Crippen LogP contribution in [-0.4, -0.2) is 45.5 Å². The average Bonchev–Trinajstić information content (AvgIpc) is 3.44. The summed E-state index contributed by atoms with van der Waals surface area (Å²) in [5.41, 5.74) is 3.25. The van der Waals surface area contributed by atoms with E-state index in [1.165, 1.54) is 30.6 Å². The summed E-state index contributed by atoms with van der Waals surface area (Å²) in [4.78, 5) is 21.1. The van der Waals surface area contributed by atoms with Crippen molar-refractivity contribution in [2.45, 2.75) is 20.0 Å². The number of benzene rings is 1. The Labute approximate surface area is 186 Å². The summed E-state index contributed by atoms with van der Waals surface area (Å²) in [7, 11) is 3.56. The fraction of sp³-hybridized carbons (Fsp3) is 0.250. The average molecular weight is 461 g/mol. The number of amides is 1. The van der Waals surface area contributed by atoms with Crippen molar-refractivity contribution >= 4 is 39.5 Å². The van der Waals surface area contributed by atoms with E-state index in [0.717, 1.165) is 31.4 Å². The molecule has 0 saturated carbocycles. The summed E-state index contributed by atoms with van der Waals surface area (Å²) < 4.78 is 30.9. The molecule has 0 aliphatic rings. The number of thiazole rings is 1. The van der Waals surface area contributed by atoms with E-state index in [0.29, 0.717) is 18.7 Å². The van der Waals surface area contributed by atoms with E-state index < -0.39 is 6.43 Å². The zero-order valence-electron chi connectivity index (χ0n) is 17.5.